The summed E-state index contributed by atoms with van der Waals surface area (Å²) in [6.45, 7) is 5.39. The number of aryl methyl sites for hydroxylation is 1. The van der Waals surface area contributed by atoms with E-state index in [9.17, 15) is 0 Å². The zero-order valence-electron chi connectivity index (χ0n) is 9.77. The maximum absolute atomic E-state index is 5.34. The lowest BCUT2D eigenvalue weighted by Crippen LogP contribution is -2.37. The monoisotopic (exact) mass is 239 g/mol. The minimum atomic E-state index is 0.793. The normalized spacial score (nSPS) is 16.5. The summed E-state index contributed by atoms with van der Waals surface area (Å²) in [5.41, 5.74) is 1.11. The van der Waals surface area contributed by atoms with Gasteiger partial charge in [-0.1, -0.05) is 0 Å². The average molecular weight is 239 g/mol. The van der Waals surface area contributed by atoms with E-state index in [0.29, 0.717) is 0 Å². The molecule has 2 rings (SSSR count). The maximum Gasteiger partial charge on any atom is 0.132 e. The van der Waals surface area contributed by atoms with Crippen molar-refractivity contribution < 1.29 is 4.74 Å². The minimum absolute atomic E-state index is 0.793. The van der Waals surface area contributed by atoms with Gasteiger partial charge in [0.1, 0.15) is 11.6 Å². The largest absolute Gasteiger partial charge is 0.378 e. The second kappa shape index (κ2) is 5.50. The number of hydrogen-bond donors (Lipinski definition) is 0. The van der Waals surface area contributed by atoms with Gasteiger partial charge in [0.25, 0.3) is 0 Å². The van der Waals surface area contributed by atoms with Gasteiger partial charge in [-0.2, -0.15) is 11.8 Å². The number of hydrogen-bond acceptors (Lipinski definition) is 5. The molecule has 2 heterocycles. The van der Waals surface area contributed by atoms with Crippen LogP contribution >= 0.6 is 11.8 Å². The van der Waals surface area contributed by atoms with Gasteiger partial charge in [0, 0.05) is 24.9 Å². The van der Waals surface area contributed by atoms with Crippen LogP contribution in [0.4, 0.5) is 5.82 Å². The van der Waals surface area contributed by atoms with Gasteiger partial charge >= 0.3 is 0 Å². The molecule has 5 heteroatoms. The van der Waals surface area contributed by atoms with E-state index in [1.54, 1.807) is 11.8 Å². The van der Waals surface area contributed by atoms with Crippen molar-refractivity contribution in [2.75, 3.05) is 37.5 Å². The molecule has 0 atom stereocenters. The lowest BCUT2D eigenvalue weighted by molar-refractivity contribution is 0.122. The SMILES string of the molecule is CSCc1cc(N2CCOCC2)nc(C)n1. The quantitative estimate of drug-likeness (QED) is 0.799. The number of rotatable bonds is 3. The van der Waals surface area contributed by atoms with Gasteiger partial charge in [0.2, 0.25) is 0 Å². The Hall–Kier alpha value is -0.810. The molecule has 0 bridgehead atoms. The second-order valence-electron chi connectivity index (χ2n) is 3.80. The Labute approximate surface area is 100 Å². The van der Waals surface area contributed by atoms with E-state index in [1.807, 2.05) is 6.92 Å². The van der Waals surface area contributed by atoms with Crippen LogP contribution in [-0.2, 0) is 10.5 Å². The van der Waals surface area contributed by atoms with E-state index in [4.69, 9.17) is 4.74 Å². The molecule has 0 aliphatic carbocycles. The summed E-state index contributed by atoms with van der Waals surface area (Å²) in [4.78, 5) is 11.2. The summed E-state index contributed by atoms with van der Waals surface area (Å²) in [5, 5.41) is 0. The van der Waals surface area contributed by atoms with Crippen LogP contribution in [0.5, 0.6) is 0 Å². The Bertz CT molecular complexity index is 353. The standard InChI is InChI=1S/C11H17N3OS/c1-9-12-10(8-16-2)7-11(13-9)14-3-5-15-6-4-14/h7H,3-6,8H2,1-2H3. The minimum Gasteiger partial charge on any atom is -0.378 e. The summed E-state index contributed by atoms with van der Waals surface area (Å²) < 4.78 is 5.34. The van der Waals surface area contributed by atoms with E-state index in [-0.39, 0.29) is 0 Å². The van der Waals surface area contributed by atoms with Gasteiger partial charge in [-0.15, -0.1) is 0 Å². The van der Waals surface area contributed by atoms with E-state index >= 15 is 0 Å². The third kappa shape index (κ3) is 2.86. The first kappa shape index (κ1) is 11.7. The molecule has 16 heavy (non-hydrogen) atoms. The van der Waals surface area contributed by atoms with Crippen LogP contribution < -0.4 is 4.90 Å². The highest BCUT2D eigenvalue weighted by atomic mass is 32.2. The molecule has 0 amide bonds. The van der Waals surface area contributed by atoms with Crippen molar-refractivity contribution in [2.45, 2.75) is 12.7 Å². The van der Waals surface area contributed by atoms with Crippen molar-refractivity contribution in [3.63, 3.8) is 0 Å². The first-order chi connectivity index (χ1) is 7.79. The van der Waals surface area contributed by atoms with Crippen molar-refractivity contribution in [3.05, 3.63) is 17.6 Å². The highest BCUT2D eigenvalue weighted by molar-refractivity contribution is 7.97. The van der Waals surface area contributed by atoms with Crippen molar-refractivity contribution in [1.82, 2.24) is 9.97 Å². The van der Waals surface area contributed by atoms with Gasteiger partial charge < -0.3 is 9.64 Å². The highest BCUT2D eigenvalue weighted by Crippen LogP contribution is 2.16. The Morgan fingerprint density at radius 1 is 1.38 bits per heavy atom. The van der Waals surface area contributed by atoms with Gasteiger partial charge in [-0.3, -0.25) is 0 Å². The molecule has 0 saturated carbocycles. The third-order valence-electron chi connectivity index (χ3n) is 2.50. The van der Waals surface area contributed by atoms with E-state index in [1.165, 1.54) is 0 Å². The van der Waals surface area contributed by atoms with E-state index < -0.39 is 0 Å². The molecule has 88 valence electrons. The van der Waals surface area contributed by atoms with E-state index in [2.05, 4.69) is 27.2 Å². The fourth-order valence-corrected chi connectivity index (χ4v) is 2.23. The molecular weight excluding hydrogens is 222 g/mol. The molecule has 1 aromatic rings. The molecule has 4 nitrogen and oxygen atoms in total. The lowest BCUT2D eigenvalue weighted by Gasteiger charge is -2.28. The number of anilines is 1. The number of thioether (sulfide) groups is 1. The van der Waals surface area contributed by atoms with E-state index in [0.717, 1.165) is 49.4 Å². The lowest BCUT2D eigenvalue weighted by atomic mass is 10.3. The van der Waals surface area contributed by atoms with Crippen molar-refractivity contribution >= 4 is 17.6 Å². The number of nitrogens with zero attached hydrogens (tertiary/aromatic N) is 3. The predicted molar refractivity (Wildman–Crippen MR) is 67.0 cm³/mol. The summed E-state index contributed by atoms with van der Waals surface area (Å²) >= 11 is 1.79. The zero-order valence-corrected chi connectivity index (χ0v) is 10.6. The topological polar surface area (TPSA) is 38.2 Å². The third-order valence-corrected chi connectivity index (χ3v) is 3.09. The fourth-order valence-electron chi connectivity index (χ4n) is 1.79. The molecule has 0 spiro atoms. The first-order valence-electron chi connectivity index (χ1n) is 5.46. The van der Waals surface area contributed by atoms with Crippen LogP contribution in [0.2, 0.25) is 0 Å². The Kier molecular flexibility index (Phi) is 4.01. The summed E-state index contributed by atoms with van der Waals surface area (Å²) in [6.07, 6.45) is 2.09. The fraction of sp³-hybridized carbons (Fsp3) is 0.636. The van der Waals surface area contributed by atoms with Gasteiger partial charge in [-0.05, 0) is 13.2 Å². The van der Waals surface area contributed by atoms with Gasteiger partial charge in [0.05, 0.1) is 18.9 Å². The Morgan fingerprint density at radius 3 is 2.81 bits per heavy atom. The molecule has 1 aliphatic heterocycles. The van der Waals surface area contributed by atoms with Crippen molar-refractivity contribution in [1.29, 1.82) is 0 Å². The van der Waals surface area contributed by atoms with Crippen LogP contribution in [0, 0.1) is 6.92 Å². The molecule has 0 unspecified atom stereocenters. The summed E-state index contributed by atoms with van der Waals surface area (Å²) in [5.74, 6) is 2.84. The predicted octanol–water partition coefficient (Wildman–Crippen LogP) is 1.48. The van der Waals surface area contributed by atoms with Gasteiger partial charge in [-0.25, -0.2) is 9.97 Å². The molecule has 1 saturated heterocycles. The number of aromatic nitrogens is 2. The Morgan fingerprint density at radius 2 is 2.12 bits per heavy atom. The molecule has 1 aromatic heterocycles. The van der Waals surface area contributed by atoms with Crippen LogP contribution in [0.1, 0.15) is 11.5 Å². The molecule has 0 N–H and O–H groups in total. The number of ether oxygens (including phenoxy) is 1. The van der Waals surface area contributed by atoms with Crippen LogP contribution in [0.15, 0.2) is 6.07 Å². The molecule has 0 aromatic carbocycles. The second-order valence-corrected chi connectivity index (χ2v) is 4.66. The first-order valence-corrected chi connectivity index (χ1v) is 6.85. The molecule has 1 aliphatic rings. The molecule has 0 radical (unpaired) electrons. The highest BCUT2D eigenvalue weighted by Gasteiger charge is 2.13. The summed E-state index contributed by atoms with van der Waals surface area (Å²) in [7, 11) is 0. The van der Waals surface area contributed by atoms with Crippen LogP contribution in [-0.4, -0.2) is 42.5 Å². The molecular formula is C11H17N3OS. The molecule has 1 fully saturated rings. The number of morpholine rings is 1. The summed E-state index contributed by atoms with van der Waals surface area (Å²) in [6, 6.07) is 2.09. The van der Waals surface area contributed by atoms with Gasteiger partial charge in [0.15, 0.2) is 0 Å². The average Bonchev–Trinajstić information content (AvgIpc) is 2.30. The zero-order chi connectivity index (χ0) is 11.4. The van der Waals surface area contributed by atoms with Crippen molar-refractivity contribution in [3.8, 4) is 0 Å². The maximum atomic E-state index is 5.34. The van der Waals surface area contributed by atoms with Crippen LogP contribution in [0.25, 0.3) is 0 Å². The Balaban J connectivity index is 2.18. The van der Waals surface area contributed by atoms with Crippen LogP contribution in [0.3, 0.4) is 0 Å². The smallest absolute Gasteiger partial charge is 0.132 e. The van der Waals surface area contributed by atoms with Crippen molar-refractivity contribution in [2.24, 2.45) is 0 Å².